The van der Waals surface area contributed by atoms with Gasteiger partial charge in [0.1, 0.15) is 0 Å². The van der Waals surface area contributed by atoms with Gasteiger partial charge >= 0.3 is 0 Å². The fourth-order valence-electron chi connectivity index (χ4n) is 3.60. The summed E-state index contributed by atoms with van der Waals surface area (Å²) in [5, 5.41) is 0. The minimum atomic E-state index is 0.128. The van der Waals surface area contributed by atoms with Gasteiger partial charge in [-0.15, -0.1) is 0 Å². The van der Waals surface area contributed by atoms with Crippen molar-refractivity contribution in [3.8, 4) is 0 Å². The molecule has 5 heteroatoms. The molecule has 1 spiro atoms. The molecule has 108 valence electrons. The molecule has 3 fully saturated rings. The largest absolute Gasteiger partial charge is 0.383 e. The van der Waals surface area contributed by atoms with Gasteiger partial charge in [0, 0.05) is 45.3 Å². The highest BCUT2D eigenvalue weighted by Gasteiger charge is 2.50. The molecule has 1 atom stereocenters. The van der Waals surface area contributed by atoms with Crippen molar-refractivity contribution in [3.63, 3.8) is 0 Å². The summed E-state index contributed by atoms with van der Waals surface area (Å²) >= 11 is 0. The summed E-state index contributed by atoms with van der Waals surface area (Å²) in [6, 6.07) is 0. The Balaban J connectivity index is 1.45. The third-order valence-corrected chi connectivity index (χ3v) is 4.77. The number of ether oxygens (including phenoxy) is 2. The maximum atomic E-state index is 12.2. The van der Waals surface area contributed by atoms with Crippen molar-refractivity contribution < 1.29 is 14.3 Å². The zero-order chi connectivity index (χ0) is 13.3. The van der Waals surface area contributed by atoms with Crippen molar-refractivity contribution in [3.05, 3.63) is 0 Å². The molecule has 1 unspecified atom stereocenters. The van der Waals surface area contributed by atoms with E-state index in [1.807, 2.05) is 4.90 Å². The van der Waals surface area contributed by atoms with E-state index in [9.17, 15) is 4.79 Å². The minimum Gasteiger partial charge on any atom is -0.383 e. The van der Waals surface area contributed by atoms with E-state index in [1.165, 1.54) is 6.42 Å². The molecule has 0 N–H and O–H groups in total. The standard InChI is InChI=1S/C14H24N2O3/c1-18-7-5-15-4-3-14(9-15)10-16(11-14)13(17)12-2-6-19-8-12/h12H,2-11H2,1H3. The lowest BCUT2D eigenvalue weighted by Gasteiger charge is -2.49. The topological polar surface area (TPSA) is 42.0 Å². The number of rotatable bonds is 4. The van der Waals surface area contributed by atoms with Gasteiger partial charge < -0.3 is 19.3 Å². The van der Waals surface area contributed by atoms with Crippen LogP contribution in [-0.4, -0.2) is 75.4 Å². The molecule has 1 amide bonds. The number of nitrogens with zero attached hydrogens (tertiary/aromatic N) is 2. The molecule has 0 bridgehead atoms. The highest BCUT2D eigenvalue weighted by atomic mass is 16.5. The third-order valence-electron chi connectivity index (χ3n) is 4.77. The molecule has 0 aromatic heterocycles. The highest BCUT2D eigenvalue weighted by molar-refractivity contribution is 5.80. The molecule has 0 aromatic rings. The van der Waals surface area contributed by atoms with Crippen LogP contribution >= 0.6 is 0 Å². The van der Waals surface area contributed by atoms with Crippen molar-refractivity contribution >= 4 is 5.91 Å². The molecule has 3 aliphatic rings. The van der Waals surface area contributed by atoms with Crippen LogP contribution in [0.1, 0.15) is 12.8 Å². The maximum Gasteiger partial charge on any atom is 0.228 e. The first-order valence-corrected chi connectivity index (χ1v) is 7.30. The lowest BCUT2D eigenvalue weighted by molar-refractivity contribution is -0.147. The Kier molecular flexibility index (Phi) is 3.78. The Morgan fingerprint density at radius 1 is 1.42 bits per heavy atom. The van der Waals surface area contributed by atoms with Crippen LogP contribution in [0.5, 0.6) is 0 Å². The van der Waals surface area contributed by atoms with Crippen LogP contribution < -0.4 is 0 Å². The Morgan fingerprint density at radius 2 is 2.26 bits per heavy atom. The first-order chi connectivity index (χ1) is 9.22. The number of hydrogen-bond donors (Lipinski definition) is 0. The Hall–Kier alpha value is -0.650. The molecule has 19 heavy (non-hydrogen) atoms. The first kappa shape index (κ1) is 13.3. The maximum absolute atomic E-state index is 12.2. The van der Waals surface area contributed by atoms with Gasteiger partial charge in [-0.3, -0.25) is 4.79 Å². The molecular formula is C14H24N2O3. The van der Waals surface area contributed by atoms with Crippen molar-refractivity contribution in [2.75, 3.05) is 59.7 Å². The van der Waals surface area contributed by atoms with E-state index in [1.54, 1.807) is 7.11 Å². The highest BCUT2D eigenvalue weighted by Crippen LogP contribution is 2.40. The number of amides is 1. The van der Waals surface area contributed by atoms with Gasteiger partial charge in [0.2, 0.25) is 5.91 Å². The van der Waals surface area contributed by atoms with Crippen LogP contribution in [-0.2, 0) is 14.3 Å². The quantitative estimate of drug-likeness (QED) is 0.731. The number of hydrogen-bond acceptors (Lipinski definition) is 4. The number of methoxy groups -OCH3 is 1. The average Bonchev–Trinajstić information content (AvgIpc) is 3.03. The predicted octanol–water partition coefficient (Wildman–Crippen LogP) is 0.204. The Morgan fingerprint density at radius 3 is 2.95 bits per heavy atom. The second-order valence-corrected chi connectivity index (χ2v) is 6.27. The average molecular weight is 268 g/mol. The molecule has 3 rings (SSSR count). The minimum absolute atomic E-state index is 0.128. The SMILES string of the molecule is COCCN1CCC2(C1)CN(C(=O)C1CCOC1)C2. The Labute approximate surface area is 114 Å². The van der Waals surface area contributed by atoms with Crippen LogP contribution in [0.15, 0.2) is 0 Å². The zero-order valence-electron chi connectivity index (χ0n) is 11.8. The van der Waals surface area contributed by atoms with Crippen molar-refractivity contribution in [2.24, 2.45) is 11.3 Å². The smallest absolute Gasteiger partial charge is 0.228 e. The summed E-state index contributed by atoms with van der Waals surface area (Å²) in [6.45, 7) is 7.38. The van der Waals surface area contributed by atoms with Crippen LogP contribution in [0.2, 0.25) is 0 Å². The lowest BCUT2D eigenvalue weighted by atomic mass is 9.78. The van der Waals surface area contributed by atoms with E-state index in [0.717, 1.165) is 52.4 Å². The van der Waals surface area contributed by atoms with Crippen molar-refractivity contribution in [1.29, 1.82) is 0 Å². The fraction of sp³-hybridized carbons (Fsp3) is 0.929. The predicted molar refractivity (Wildman–Crippen MR) is 70.9 cm³/mol. The normalized spacial score (nSPS) is 29.9. The summed E-state index contributed by atoms with van der Waals surface area (Å²) < 4.78 is 10.4. The van der Waals surface area contributed by atoms with Crippen LogP contribution in [0, 0.1) is 11.3 Å². The van der Waals surface area contributed by atoms with E-state index in [0.29, 0.717) is 17.9 Å². The molecule has 0 aliphatic carbocycles. The summed E-state index contributed by atoms with van der Waals surface area (Å²) in [7, 11) is 1.75. The molecule has 3 saturated heterocycles. The summed E-state index contributed by atoms with van der Waals surface area (Å²) in [5.74, 6) is 0.446. The monoisotopic (exact) mass is 268 g/mol. The summed E-state index contributed by atoms with van der Waals surface area (Å²) in [5.41, 5.74) is 0.378. The number of likely N-dealkylation sites (tertiary alicyclic amines) is 2. The molecule has 0 radical (unpaired) electrons. The summed E-state index contributed by atoms with van der Waals surface area (Å²) in [4.78, 5) is 16.7. The zero-order valence-corrected chi connectivity index (χ0v) is 11.8. The van der Waals surface area contributed by atoms with Crippen molar-refractivity contribution in [1.82, 2.24) is 9.80 Å². The van der Waals surface area contributed by atoms with Gasteiger partial charge in [-0.1, -0.05) is 0 Å². The van der Waals surface area contributed by atoms with E-state index in [2.05, 4.69) is 4.90 Å². The molecule has 0 aromatic carbocycles. The van der Waals surface area contributed by atoms with Gasteiger partial charge in [0.15, 0.2) is 0 Å². The van der Waals surface area contributed by atoms with Gasteiger partial charge in [0.05, 0.1) is 19.1 Å². The van der Waals surface area contributed by atoms with Crippen LogP contribution in [0.25, 0.3) is 0 Å². The van der Waals surface area contributed by atoms with Gasteiger partial charge in [0.25, 0.3) is 0 Å². The molecular weight excluding hydrogens is 244 g/mol. The van der Waals surface area contributed by atoms with Crippen LogP contribution in [0.3, 0.4) is 0 Å². The van der Waals surface area contributed by atoms with E-state index in [-0.39, 0.29) is 5.92 Å². The molecule has 3 aliphatic heterocycles. The van der Waals surface area contributed by atoms with Gasteiger partial charge in [-0.25, -0.2) is 0 Å². The van der Waals surface area contributed by atoms with Crippen LogP contribution in [0.4, 0.5) is 0 Å². The van der Waals surface area contributed by atoms with Gasteiger partial charge in [-0.05, 0) is 19.4 Å². The second-order valence-electron chi connectivity index (χ2n) is 6.27. The number of carbonyl (C=O) groups is 1. The van der Waals surface area contributed by atoms with Gasteiger partial charge in [-0.2, -0.15) is 0 Å². The van der Waals surface area contributed by atoms with E-state index < -0.39 is 0 Å². The first-order valence-electron chi connectivity index (χ1n) is 7.30. The van der Waals surface area contributed by atoms with E-state index in [4.69, 9.17) is 9.47 Å². The van der Waals surface area contributed by atoms with Crippen molar-refractivity contribution in [2.45, 2.75) is 12.8 Å². The van der Waals surface area contributed by atoms with E-state index >= 15 is 0 Å². The fourth-order valence-corrected chi connectivity index (χ4v) is 3.60. The number of carbonyl (C=O) groups excluding carboxylic acids is 1. The third kappa shape index (κ3) is 2.64. The Bertz CT molecular complexity index is 336. The molecule has 0 saturated carbocycles. The lowest BCUT2D eigenvalue weighted by Crippen LogP contribution is -2.60. The summed E-state index contributed by atoms with van der Waals surface area (Å²) in [6.07, 6.45) is 2.13. The molecule has 5 nitrogen and oxygen atoms in total. The molecule has 3 heterocycles. The second kappa shape index (κ2) is 5.38.